The van der Waals surface area contributed by atoms with E-state index in [4.69, 9.17) is 5.11 Å². The molecule has 104 valence electrons. The molecule has 0 saturated heterocycles. The van der Waals surface area contributed by atoms with Gasteiger partial charge in [-0.2, -0.15) is 0 Å². The van der Waals surface area contributed by atoms with Crippen molar-refractivity contribution in [1.29, 1.82) is 0 Å². The Morgan fingerprint density at radius 1 is 1.20 bits per heavy atom. The quantitative estimate of drug-likeness (QED) is 0.913. The van der Waals surface area contributed by atoms with Gasteiger partial charge in [-0.15, -0.1) is 11.3 Å². The van der Waals surface area contributed by atoms with E-state index in [2.05, 4.69) is 5.32 Å². The first-order valence-electron chi connectivity index (χ1n) is 5.48. The number of aryl methyl sites for hydroxylation is 1. The number of carboxylic acid groups (broad SMARTS) is 1. The highest BCUT2D eigenvalue weighted by Gasteiger charge is 2.17. The number of carbonyl (C=O) groups excluding carboxylic acids is 1. The molecule has 2 aromatic rings. The molecular weight excluding hydrogens is 288 g/mol. The van der Waals surface area contributed by atoms with Gasteiger partial charge in [0, 0.05) is 10.4 Å². The largest absolute Gasteiger partial charge is 0.478 e. The number of carbonyl (C=O) groups is 2. The van der Waals surface area contributed by atoms with E-state index in [9.17, 15) is 18.4 Å². The second-order valence-corrected chi connectivity index (χ2v) is 5.24. The van der Waals surface area contributed by atoms with Crippen molar-refractivity contribution >= 4 is 28.2 Å². The fraction of sp³-hybridized carbons (Fsp3) is 0.0769. The van der Waals surface area contributed by atoms with Crippen LogP contribution in [0.1, 0.15) is 25.6 Å². The van der Waals surface area contributed by atoms with Crippen LogP contribution in [0.3, 0.4) is 0 Å². The highest BCUT2D eigenvalue weighted by atomic mass is 32.1. The molecule has 0 atom stereocenters. The van der Waals surface area contributed by atoms with E-state index in [1.165, 1.54) is 6.07 Å². The first-order chi connectivity index (χ1) is 9.38. The number of benzene rings is 1. The molecule has 1 amide bonds. The van der Waals surface area contributed by atoms with Crippen LogP contribution in [-0.4, -0.2) is 17.0 Å². The molecule has 0 unspecified atom stereocenters. The minimum absolute atomic E-state index is 0.0385. The molecule has 0 aliphatic rings. The minimum atomic E-state index is -1.17. The zero-order valence-electron chi connectivity index (χ0n) is 10.2. The Morgan fingerprint density at radius 3 is 2.50 bits per heavy atom. The van der Waals surface area contributed by atoms with Gasteiger partial charge in [0.05, 0.1) is 5.56 Å². The fourth-order valence-corrected chi connectivity index (χ4v) is 2.48. The number of carboxylic acids is 1. The van der Waals surface area contributed by atoms with Crippen LogP contribution < -0.4 is 5.32 Å². The Kier molecular flexibility index (Phi) is 3.80. The van der Waals surface area contributed by atoms with Crippen LogP contribution in [0.2, 0.25) is 0 Å². The summed E-state index contributed by atoms with van der Waals surface area (Å²) in [4.78, 5) is 23.6. The van der Waals surface area contributed by atoms with Gasteiger partial charge in [0.15, 0.2) is 11.6 Å². The summed E-state index contributed by atoms with van der Waals surface area (Å²) in [6, 6.07) is 4.14. The van der Waals surface area contributed by atoms with Gasteiger partial charge in [-0.1, -0.05) is 0 Å². The summed E-state index contributed by atoms with van der Waals surface area (Å²) in [7, 11) is 0. The molecule has 0 aliphatic heterocycles. The molecule has 4 nitrogen and oxygen atoms in total. The predicted molar refractivity (Wildman–Crippen MR) is 70.3 cm³/mol. The summed E-state index contributed by atoms with van der Waals surface area (Å²) < 4.78 is 25.8. The third-order valence-corrected chi connectivity index (χ3v) is 3.46. The van der Waals surface area contributed by atoms with E-state index in [-0.39, 0.29) is 16.1 Å². The van der Waals surface area contributed by atoms with Crippen molar-refractivity contribution in [2.45, 2.75) is 6.92 Å². The van der Waals surface area contributed by atoms with Crippen LogP contribution in [0.15, 0.2) is 24.3 Å². The number of anilines is 1. The molecule has 1 aromatic heterocycles. The summed E-state index contributed by atoms with van der Waals surface area (Å²) in [5.41, 5.74) is -0.130. The second-order valence-electron chi connectivity index (χ2n) is 3.99. The number of nitrogens with one attached hydrogen (secondary N) is 1. The van der Waals surface area contributed by atoms with E-state index < -0.39 is 23.5 Å². The van der Waals surface area contributed by atoms with Crippen LogP contribution >= 0.6 is 11.3 Å². The van der Waals surface area contributed by atoms with Crippen LogP contribution in [0.4, 0.5) is 13.8 Å². The normalized spacial score (nSPS) is 10.3. The Hall–Kier alpha value is -2.28. The first kappa shape index (κ1) is 14.1. The lowest BCUT2D eigenvalue weighted by atomic mass is 10.2. The Labute approximate surface area is 116 Å². The molecule has 2 N–H and O–H groups in total. The van der Waals surface area contributed by atoms with Crippen molar-refractivity contribution in [3.63, 3.8) is 0 Å². The molecule has 0 bridgehead atoms. The summed E-state index contributed by atoms with van der Waals surface area (Å²) in [6.45, 7) is 1.70. The summed E-state index contributed by atoms with van der Waals surface area (Å²) in [5, 5.41) is 11.5. The van der Waals surface area contributed by atoms with Crippen molar-refractivity contribution in [3.05, 3.63) is 51.9 Å². The predicted octanol–water partition coefficient (Wildman–Crippen LogP) is 3.29. The Morgan fingerprint density at radius 2 is 1.90 bits per heavy atom. The highest BCUT2D eigenvalue weighted by Crippen LogP contribution is 2.28. The number of hydrogen-bond acceptors (Lipinski definition) is 3. The number of halogens is 2. The number of hydrogen-bond donors (Lipinski definition) is 2. The fourth-order valence-electron chi connectivity index (χ4n) is 1.58. The van der Waals surface area contributed by atoms with Crippen molar-refractivity contribution < 1.29 is 23.5 Å². The van der Waals surface area contributed by atoms with Crippen molar-refractivity contribution in [2.24, 2.45) is 0 Å². The lowest BCUT2D eigenvalue weighted by Crippen LogP contribution is -2.13. The van der Waals surface area contributed by atoms with E-state index in [0.717, 1.165) is 29.5 Å². The lowest BCUT2D eigenvalue weighted by Gasteiger charge is -2.04. The summed E-state index contributed by atoms with van der Waals surface area (Å²) in [5.74, 6) is -4.07. The average Bonchev–Trinajstić information content (AvgIpc) is 2.73. The van der Waals surface area contributed by atoms with Crippen molar-refractivity contribution in [1.82, 2.24) is 0 Å². The van der Waals surface area contributed by atoms with Crippen LogP contribution in [0.25, 0.3) is 0 Å². The van der Waals surface area contributed by atoms with E-state index >= 15 is 0 Å². The number of amides is 1. The molecule has 1 heterocycles. The van der Waals surface area contributed by atoms with E-state index in [1.807, 2.05) is 0 Å². The topological polar surface area (TPSA) is 66.4 Å². The first-order valence-corrected chi connectivity index (χ1v) is 6.30. The summed E-state index contributed by atoms with van der Waals surface area (Å²) >= 11 is 1.09. The summed E-state index contributed by atoms with van der Waals surface area (Å²) in [6.07, 6.45) is 0. The number of thiophene rings is 1. The van der Waals surface area contributed by atoms with Gasteiger partial charge in [-0.3, -0.25) is 4.79 Å². The molecule has 0 spiro atoms. The smallest absolute Gasteiger partial charge is 0.338 e. The Bertz CT molecular complexity index is 697. The lowest BCUT2D eigenvalue weighted by molar-refractivity contribution is 0.0698. The molecule has 0 fully saturated rings. The zero-order chi connectivity index (χ0) is 14.9. The maximum Gasteiger partial charge on any atom is 0.338 e. The highest BCUT2D eigenvalue weighted by molar-refractivity contribution is 7.16. The number of aromatic carboxylic acids is 1. The monoisotopic (exact) mass is 297 g/mol. The van der Waals surface area contributed by atoms with E-state index in [0.29, 0.717) is 4.88 Å². The van der Waals surface area contributed by atoms with E-state index in [1.54, 1.807) is 6.92 Å². The van der Waals surface area contributed by atoms with Gasteiger partial charge in [0.25, 0.3) is 5.91 Å². The van der Waals surface area contributed by atoms with Gasteiger partial charge in [-0.25, -0.2) is 13.6 Å². The van der Waals surface area contributed by atoms with Crippen LogP contribution in [0.5, 0.6) is 0 Å². The molecule has 1 aromatic carbocycles. The second kappa shape index (κ2) is 5.38. The Balaban J connectivity index is 2.27. The van der Waals surface area contributed by atoms with Crippen molar-refractivity contribution in [2.75, 3.05) is 5.32 Å². The van der Waals surface area contributed by atoms with Gasteiger partial charge in [0.2, 0.25) is 0 Å². The van der Waals surface area contributed by atoms with Gasteiger partial charge in [0.1, 0.15) is 5.00 Å². The molecule has 2 rings (SSSR count). The number of rotatable bonds is 3. The SMILES string of the molecule is Cc1cc(C(=O)O)c(NC(=O)c2ccc(F)c(F)c2)s1. The van der Waals surface area contributed by atoms with Crippen LogP contribution in [0, 0.1) is 18.6 Å². The molecule has 0 aliphatic carbocycles. The third kappa shape index (κ3) is 2.83. The maximum absolute atomic E-state index is 13.0. The average molecular weight is 297 g/mol. The molecule has 7 heteroatoms. The molecule has 0 saturated carbocycles. The molecule has 20 heavy (non-hydrogen) atoms. The van der Waals surface area contributed by atoms with Crippen LogP contribution in [-0.2, 0) is 0 Å². The minimum Gasteiger partial charge on any atom is -0.478 e. The van der Waals surface area contributed by atoms with Gasteiger partial charge >= 0.3 is 5.97 Å². The maximum atomic E-state index is 13.0. The zero-order valence-corrected chi connectivity index (χ0v) is 11.1. The molecular formula is C13H9F2NO3S. The van der Waals surface area contributed by atoms with Gasteiger partial charge < -0.3 is 10.4 Å². The standard InChI is InChI=1S/C13H9F2NO3S/c1-6-4-8(13(18)19)12(20-6)16-11(17)7-2-3-9(14)10(15)5-7/h2-5H,1H3,(H,16,17)(H,18,19). The van der Waals surface area contributed by atoms with Crippen molar-refractivity contribution in [3.8, 4) is 0 Å². The molecule has 0 radical (unpaired) electrons. The van der Waals surface area contributed by atoms with Gasteiger partial charge in [-0.05, 0) is 31.2 Å². The third-order valence-electron chi connectivity index (χ3n) is 2.49.